The summed E-state index contributed by atoms with van der Waals surface area (Å²) in [4.78, 5) is 0. The quantitative estimate of drug-likeness (QED) is 0.538. The highest BCUT2D eigenvalue weighted by molar-refractivity contribution is 14.1. The summed E-state index contributed by atoms with van der Waals surface area (Å²) in [5, 5.41) is 0. The van der Waals surface area contributed by atoms with E-state index in [1.165, 1.54) is 29.0 Å². The highest BCUT2D eigenvalue weighted by atomic mass is 127. The van der Waals surface area contributed by atoms with Crippen molar-refractivity contribution in [1.82, 2.24) is 0 Å². The fourth-order valence-electron chi connectivity index (χ4n) is 5.24. The number of alkyl halides is 3. The SMILES string of the molecule is COC12CC3CC(CC(CC(F)(F)I)(C3)C1)C2. The third-order valence-electron chi connectivity index (χ3n) is 5.14. The van der Waals surface area contributed by atoms with Crippen molar-refractivity contribution in [1.29, 1.82) is 0 Å². The van der Waals surface area contributed by atoms with Gasteiger partial charge in [0, 0.05) is 13.5 Å². The average Bonchev–Trinajstić information content (AvgIpc) is 2.11. The molecule has 0 aromatic carbocycles. The normalized spacial score (nSPS) is 48.7. The molecule has 0 aliphatic heterocycles. The zero-order valence-corrected chi connectivity index (χ0v) is 12.3. The zero-order chi connectivity index (χ0) is 12.3. The molecule has 17 heavy (non-hydrogen) atoms. The van der Waals surface area contributed by atoms with Crippen molar-refractivity contribution in [3.63, 3.8) is 0 Å². The average molecular weight is 356 g/mol. The predicted molar refractivity (Wildman–Crippen MR) is 70.4 cm³/mol. The van der Waals surface area contributed by atoms with Gasteiger partial charge in [-0.2, -0.15) is 8.78 Å². The van der Waals surface area contributed by atoms with Crippen molar-refractivity contribution in [2.75, 3.05) is 7.11 Å². The van der Waals surface area contributed by atoms with Crippen LogP contribution in [0.1, 0.15) is 44.9 Å². The van der Waals surface area contributed by atoms with Crippen LogP contribution in [0.15, 0.2) is 0 Å². The first-order valence-electron chi connectivity index (χ1n) is 6.46. The van der Waals surface area contributed by atoms with E-state index in [4.69, 9.17) is 4.74 Å². The number of halogens is 3. The first kappa shape index (κ1) is 12.6. The molecule has 4 rings (SSSR count). The van der Waals surface area contributed by atoms with Gasteiger partial charge in [0.15, 0.2) is 0 Å². The van der Waals surface area contributed by atoms with Gasteiger partial charge in [0.1, 0.15) is 0 Å². The Labute approximate surface area is 115 Å². The second-order valence-electron chi connectivity index (χ2n) is 6.64. The Morgan fingerprint density at radius 2 is 1.82 bits per heavy atom. The van der Waals surface area contributed by atoms with Gasteiger partial charge in [-0.3, -0.25) is 0 Å². The molecule has 0 amide bonds. The highest BCUT2D eigenvalue weighted by Gasteiger charge is 2.59. The lowest BCUT2D eigenvalue weighted by Gasteiger charge is -2.61. The summed E-state index contributed by atoms with van der Waals surface area (Å²) in [6, 6.07) is 0. The van der Waals surface area contributed by atoms with Crippen LogP contribution in [0.2, 0.25) is 0 Å². The molecule has 0 heterocycles. The fraction of sp³-hybridized carbons (Fsp3) is 1.00. The predicted octanol–water partition coefficient (Wildman–Crippen LogP) is 4.39. The second-order valence-corrected chi connectivity index (χ2v) is 8.22. The maximum absolute atomic E-state index is 13.4. The Hall–Kier alpha value is 0.550. The monoisotopic (exact) mass is 356 g/mol. The van der Waals surface area contributed by atoms with E-state index in [1.54, 1.807) is 7.11 Å². The summed E-state index contributed by atoms with van der Waals surface area (Å²) in [5.74, 6) is 1.27. The molecule has 0 aromatic rings. The van der Waals surface area contributed by atoms with Crippen LogP contribution in [0.3, 0.4) is 0 Å². The van der Waals surface area contributed by atoms with E-state index in [1.807, 2.05) is 0 Å². The van der Waals surface area contributed by atoms with Crippen molar-refractivity contribution in [3.8, 4) is 0 Å². The summed E-state index contributed by atoms with van der Waals surface area (Å²) in [5.41, 5.74) is -0.198. The minimum atomic E-state index is -2.56. The molecule has 98 valence electrons. The topological polar surface area (TPSA) is 9.23 Å². The third-order valence-corrected chi connectivity index (χ3v) is 5.52. The van der Waals surface area contributed by atoms with E-state index in [0.717, 1.165) is 32.1 Å². The van der Waals surface area contributed by atoms with Gasteiger partial charge in [0.2, 0.25) is 0 Å². The number of methoxy groups -OCH3 is 1. The number of rotatable bonds is 3. The van der Waals surface area contributed by atoms with E-state index < -0.39 is 3.93 Å². The Balaban J connectivity index is 1.87. The van der Waals surface area contributed by atoms with Crippen LogP contribution in [-0.4, -0.2) is 16.6 Å². The molecule has 0 N–H and O–H groups in total. The van der Waals surface area contributed by atoms with E-state index in [0.29, 0.717) is 11.8 Å². The molecular formula is C13H19F2IO. The molecule has 4 aliphatic rings. The Morgan fingerprint density at radius 3 is 2.29 bits per heavy atom. The molecule has 0 radical (unpaired) electrons. The van der Waals surface area contributed by atoms with E-state index in [9.17, 15) is 8.78 Å². The Kier molecular flexibility index (Phi) is 2.79. The van der Waals surface area contributed by atoms with Crippen LogP contribution in [0, 0.1) is 17.3 Å². The molecule has 4 aliphatic carbocycles. The first-order chi connectivity index (χ1) is 7.84. The van der Waals surface area contributed by atoms with Crippen molar-refractivity contribution in [2.45, 2.75) is 54.5 Å². The van der Waals surface area contributed by atoms with E-state index in [-0.39, 0.29) is 17.4 Å². The van der Waals surface area contributed by atoms with Crippen molar-refractivity contribution >= 4 is 22.6 Å². The molecule has 2 unspecified atom stereocenters. The number of ether oxygens (including phenoxy) is 1. The van der Waals surface area contributed by atoms with Crippen LogP contribution in [-0.2, 0) is 4.74 Å². The molecule has 4 fully saturated rings. The highest BCUT2D eigenvalue weighted by Crippen LogP contribution is 2.65. The van der Waals surface area contributed by atoms with Gasteiger partial charge >= 0.3 is 0 Å². The van der Waals surface area contributed by atoms with Crippen LogP contribution >= 0.6 is 22.6 Å². The summed E-state index contributed by atoms with van der Waals surface area (Å²) in [6.07, 6.45) is 6.39. The van der Waals surface area contributed by atoms with Gasteiger partial charge in [0.05, 0.1) is 5.60 Å². The van der Waals surface area contributed by atoms with Crippen molar-refractivity contribution in [2.24, 2.45) is 17.3 Å². The molecule has 0 spiro atoms. The van der Waals surface area contributed by atoms with Crippen molar-refractivity contribution < 1.29 is 13.5 Å². The second kappa shape index (κ2) is 3.78. The smallest absolute Gasteiger partial charge is 0.297 e. The van der Waals surface area contributed by atoms with Crippen LogP contribution in [0.4, 0.5) is 8.78 Å². The molecule has 0 aromatic heterocycles. The van der Waals surface area contributed by atoms with Gasteiger partial charge in [-0.15, -0.1) is 0 Å². The molecular weight excluding hydrogens is 337 g/mol. The summed E-state index contributed by atoms with van der Waals surface area (Å²) in [6.45, 7) is 0. The molecule has 4 heteroatoms. The molecule has 2 atom stereocenters. The molecule has 1 nitrogen and oxygen atoms in total. The maximum atomic E-state index is 13.4. The minimum absolute atomic E-state index is 0.0542. The van der Waals surface area contributed by atoms with Gasteiger partial charge in [0.25, 0.3) is 3.93 Å². The minimum Gasteiger partial charge on any atom is -0.378 e. The first-order valence-corrected chi connectivity index (χ1v) is 7.54. The largest absolute Gasteiger partial charge is 0.378 e. The zero-order valence-electron chi connectivity index (χ0n) is 10.1. The van der Waals surface area contributed by atoms with Crippen LogP contribution in [0.25, 0.3) is 0 Å². The lowest BCUT2D eigenvalue weighted by molar-refractivity contribution is -0.189. The number of hydrogen-bond acceptors (Lipinski definition) is 1. The van der Waals surface area contributed by atoms with Gasteiger partial charge in [-0.25, -0.2) is 0 Å². The maximum Gasteiger partial charge on any atom is 0.297 e. The van der Waals surface area contributed by atoms with Crippen molar-refractivity contribution in [3.05, 3.63) is 0 Å². The van der Waals surface area contributed by atoms with Gasteiger partial charge in [-0.1, -0.05) is 0 Å². The Morgan fingerprint density at radius 1 is 1.24 bits per heavy atom. The molecule has 4 bridgehead atoms. The summed E-state index contributed by atoms with van der Waals surface area (Å²) >= 11 is 1.31. The summed E-state index contributed by atoms with van der Waals surface area (Å²) in [7, 11) is 1.77. The van der Waals surface area contributed by atoms with Gasteiger partial charge in [-0.05, 0) is 78.4 Å². The summed E-state index contributed by atoms with van der Waals surface area (Å²) < 4.78 is 30.0. The Bertz CT molecular complexity index is 312. The lowest BCUT2D eigenvalue weighted by atomic mass is 9.47. The molecule has 0 saturated heterocycles. The van der Waals surface area contributed by atoms with Gasteiger partial charge < -0.3 is 4.74 Å². The van der Waals surface area contributed by atoms with Crippen LogP contribution < -0.4 is 0 Å². The number of hydrogen-bond donors (Lipinski definition) is 0. The van der Waals surface area contributed by atoms with E-state index >= 15 is 0 Å². The lowest BCUT2D eigenvalue weighted by Crippen LogP contribution is -2.57. The van der Waals surface area contributed by atoms with E-state index in [2.05, 4.69) is 0 Å². The third kappa shape index (κ3) is 2.24. The molecule has 4 saturated carbocycles. The fourth-order valence-corrected chi connectivity index (χ4v) is 6.04. The standard InChI is InChI=1S/C13H19F2IO/c1-17-12-5-9-2-10(6-12)4-11(3-9,7-12)8-13(14,15)16/h9-10H,2-8H2,1H3. The van der Waals surface area contributed by atoms with Crippen LogP contribution in [0.5, 0.6) is 0 Å².